The number of carbonyl (C=O) groups excluding carboxylic acids is 2. The van der Waals surface area contributed by atoms with Crippen LogP contribution in [0.2, 0.25) is 0 Å². The van der Waals surface area contributed by atoms with E-state index in [1.165, 1.54) is 0 Å². The molecule has 2 heterocycles. The second-order valence-electron chi connectivity index (χ2n) is 9.35. The summed E-state index contributed by atoms with van der Waals surface area (Å²) in [5, 5.41) is 16.8. The highest BCUT2D eigenvalue weighted by atomic mass is 16.3. The van der Waals surface area contributed by atoms with Crippen LogP contribution < -0.4 is 10.6 Å². The van der Waals surface area contributed by atoms with E-state index in [1.54, 1.807) is 0 Å². The first kappa shape index (κ1) is 22.7. The summed E-state index contributed by atoms with van der Waals surface area (Å²) in [4.78, 5) is 31.2. The normalized spacial score (nSPS) is 24.6. The Kier molecular flexibility index (Phi) is 7.10. The number of nitrogens with zero attached hydrogens (tertiary/aromatic N) is 3. The molecule has 2 fully saturated rings. The molecule has 1 aliphatic heterocycles. The number of aliphatic hydroxyl groups is 1. The molecule has 8 heteroatoms. The van der Waals surface area contributed by atoms with Gasteiger partial charge >= 0.3 is 0 Å². The van der Waals surface area contributed by atoms with Crippen LogP contribution in [0, 0.1) is 0 Å². The monoisotopic (exact) mass is 441 g/mol. The average Bonchev–Trinajstić information content (AvgIpc) is 3.14. The number of rotatable bonds is 7. The van der Waals surface area contributed by atoms with E-state index in [1.807, 2.05) is 18.2 Å². The maximum absolute atomic E-state index is 12.7. The Morgan fingerprint density at radius 2 is 2.12 bits per heavy atom. The lowest BCUT2D eigenvalue weighted by Gasteiger charge is -2.42. The number of carbonyl (C=O) groups is 2. The van der Waals surface area contributed by atoms with Crippen LogP contribution in [0.4, 0.5) is 0 Å². The van der Waals surface area contributed by atoms with E-state index < -0.39 is 6.10 Å². The second kappa shape index (κ2) is 10.0. The van der Waals surface area contributed by atoms with E-state index in [4.69, 9.17) is 4.98 Å². The molecule has 2 amide bonds. The van der Waals surface area contributed by atoms with Crippen molar-refractivity contribution in [1.29, 1.82) is 0 Å². The number of para-hydroxylation sites is 2. The Balaban J connectivity index is 1.32. The van der Waals surface area contributed by atoms with Gasteiger partial charge in [0.1, 0.15) is 5.82 Å². The summed E-state index contributed by atoms with van der Waals surface area (Å²) in [6.45, 7) is 6.68. The molecule has 0 unspecified atom stereocenters. The largest absolute Gasteiger partial charge is 0.389 e. The van der Waals surface area contributed by atoms with Gasteiger partial charge in [0.15, 0.2) is 0 Å². The highest BCUT2D eigenvalue weighted by Gasteiger charge is 2.37. The van der Waals surface area contributed by atoms with Crippen molar-refractivity contribution < 1.29 is 14.7 Å². The molecule has 1 saturated heterocycles. The van der Waals surface area contributed by atoms with Crippen molar-refractivity contribution in [1.82, 2.24) is 25.1 Å². The molecule has 1 aromatic carbocycles. The van der Waals surface area contributed by atoms with E-state index in [0.717, 1.165) is 49.2 Å². The van der Waals surface area contributed by atoms with Gasteiger partial charge in [0.2, 0.25) is 11.8 Å². The lowest BCUT2D eigenvalue weighted by molar-refractivity contribution is -0.128. The molecule has 2 aliphatic rings. The summed E-state index contributed by atoms with van der Waals surface area (Å²) < 4.78 is 2.22. The first-order chi connectivity index (χ1) is 15.4. The molecular weight excluding hydrogens is 406 g/mol. The zero-order chi connectivity index (χ0) is 22.7. The zero-order valence-corrected chi connectivity index (χ0v) is 19.1. The zero-order valence-electron chi connectivity index (χ0n) is 19.1. The van der Waals surface area contributed by atoms with E-state index >= 15 is 0 Å². The van der Waals surface area contributed by atoms with E-state index in [0.29, 0.717) is 31.8 Å². The van der Waals surface area contributed by atoms with Crippen molar-refractivity contribution in [2.45, 2.75) is 76.6 Å². The van der Waals surface area contributed by atoms with Gasteiger partial charge in [-0.1, -0.05) is 26.0 Å². The van der Waals surface area contributed by atoms with Gasteiger partial charge in [-0.05, 0) is 37.8 Å². The minimum absolute atomic E-state index is 0.00222. The van der Waals surface area contributed by atoms with Gasteiger partial charge < -0.3 is 20.3 Å². The summed E-state index contributed by atoms with van der Waals surface area (Å²) in [6.07, 6.45) is 3.03. The summed E-state index contributed by atoms with van der Waals surface area (Å²) in [5.74, 6) is 1.33. The van der Waals surface area contributed by atoms with Crippen LogP contribution in [-0.2, 0) is 16.1 Å². The van der Waals surface area contributed by atoms with Crippen LogP contribution in [-0.4, -0.2) is 69.2 Å². The van der Waals surface area contributed by atoms with Crippen LogP contribution >= 0.6 is 0 Å². The Labute approximate surface area is 189 Å². The lowest BCUT2D eigenvalue weighted by atomic mass is 9.86. The first-order valence-electron chi connectivity index (χ1n) is 11.9. The van der Waals surface area contributed by atoms with Crippen LogP contribution in [0.15, 0.2) is 24.3 Å². The number of aryl methyl sites for hydroxylation is 1. The number of imidazole rings is 1. The Morgan fingerprint density at radius 3 is 2.91 bits per heavy atom. The van der Waals surface area contributed by atoms with Crippen LogP contribution in [0.3, 0.4) is 0 Å². The molecule has 8 nitrogen and oxygen atoms in total. The van der Waals surface area contributed by atoms with Gasteiger partial charge in [-0.25, -0.2) is 4.98 Å². The molecule has 174 valence electrons. The molecule has 4 rings (SSSR count). The minimum atomic E-state index is -0.649. The molecule has 1 aliphatic carbocycles. The fourth-order valence-electron chi connectivity index (χ4n) is 5.10. The fourth-order valence-corrected chi connectivity index (χ4v) is 5.10. The van der Waals surface area contributed by atoms with Gasteiger partial charge in [-0.3, -0.25) is 14.5 Å². The van der Waals surface area contributed by atoms with Gasteiger partial charge in [0.25, 0.3) is 0 Å². The van der Waals surface area contributed by atoms with E-state index in [9.17, 15) is 14.7 Å². The number of benzene rings is 1. The van der Waals surface area contributed by atoms with E-state index in [-0.39, 0.29) is 23.9 Å². The minimum Gasteiger partial charge on any atom is -0.389 e. The highest BCUT2D eigenvalue weighted by Crippen LogP contribution is 2.25. The topological polar surface area (TPSA) is 99.5 Å². The number of aliphatic hydroxyl groups excluding tert-OH is 1. The van der Waals surface area contributed by atoms with Crippen molar-refractivity contribution in [3.05, 3.63) is 30.1 Å². The smallest absolute Gasteiger partial charge is 0.234 e. The average molecular weight is 442 g/mol. The van der Waals surface area contributed by atoms with Crippen molar-refractivity contribution in [2.24, 2.45) is 0 Å². The number of fused-ring (bicyclic) bond motifs is 1. The Bertz CT molecular complexity index is 956. The van der Waals surface area contributed by atoms with Crippen LogP contribution in [0.1, 0.15) is 57.7 Å². The maximum atomic E-state index is 12.7. The predicted octanol–water partition coefficient (Wildman–Crippen LogP) is 1.77. The molecule has 3 N–H and O–H groups in total. The molecule has 0 radical (unpaired) electrons. The molecule has 0 bridgehead atoms. The van der Waals surface area contributed by atoms with Gasteiger partial charge in [-0.15, -0.1) is 0 Å². The molecular formula is C24H35N5O3. The van der Waals surface area contributed by atoms with Gasteiger partial charge in [0, 0.05) is 38.0 Å². The van der Waals surface area contributed by atoms with Gasteiger partial charge in [0.05, 0.1) is 29.7 Å². The third-order valence-electron chi connectivity index (χ3n) is 6.69. The molecule has 2 aromatic rings. The van der Waals surface area contributed by atoms with Crippen LogP contribution in [0.25, 0.3) is 11.0 Å². The third-order valence-corrected chi connectivity index (χ3v) is 6.69. The molecule has 3 atom stereocenters. The Morgan fingerprint density at radius 1 is 1.31 bits per heavy atom. The van der Waals surface area contributed by atoms with Crippen molar-refractivity contribution in [3.8, 4) is 0 Å². The molecule has 32 heavy (non-hydrogen) atoms. The van der Waals surface area contributed by atoms with Crippen molar-refractivity contribution >= 4 is 22.8 Å². The number of amides is 2. The quantitative estimate of drug-likeness (QED) is 0.608. The SMILES string of the molecule is CC(C)c1nc2ccccc2n1CCCC(=O)N[C@@H]1CCC[C@@H](N2CCNC(=O)C2)[C@@H]1O. The van der Waals surface area contributed by atoms with Crippen molar-refractivity contribution in [2.75, 3.05) is 19.6 Å². The van der Waals surface area contributed by atoms with E-state index in [2.05, 4.69) is 40.0 Å². The number of hydrogen-bond acceptors (Lipinski definition) is 5. The molecule has 0 spiro atoms. The van der Waals surface area contributed by atoms with Crippen LogP contribution in [0.5, 0.6) is 0 Å². The van der Waals surface area contributed by atoms with Gasteiger partial charge in [-0.2, -0.15) is 0 Å². The Hall–Kier alpha value is -2.45. The fraction of sp³-hybridized carbons (Fsp3) is 0.625. The highest BCUT2D eigenvalue weighted by molar-refractivity contribution is 5.79. The summed E-state index contributed by atoms with van der Waals surface area (Å²) in [5.41, 5.74) is 2.09. The molecule has 1 saturated carbocycles. The first-order valence-corrected chi connectivity index (χ1v) is 11.9. The number of aromatic nitrogens is 2. The summed E-state index contributed by atoms with van der Waals surface area (Å²) in [7, 11) is 0. The standard InChI is InChI=1S/C24H35N5O3/c1-16(2)24-27-17-7-3-4-9-19(17)29(24)13-6-11-21(30)26-18-8-5-10-20(23(18)32)28-14-12-25-22(31)15-28/h3-4,7,9,16,18,20,23,32H,5-6,8,10-15H2,1-2H3,(H,25,31)(H,26,30)/t18-,20-,23-/m1/s1. The number of piperazine rings is 1. The lowest BCUT2D eigenvalue weighted by Crippen LogP contribution is -2.60. The third kappa shape index (κ3) is 4.96. The van der Waals surface area contributed by atoms with Crippen molar-refractivity contribution in [3.63, 3.8) is 0 Å². The predicted molar refractivity (Wildman–Crippen MR) is 123 cm³/mol. The summed E-state index contributed by atoms with van der Waals surface area (Å²) >= 11 is 0. The molecule has 1 aromatic heterocycles. The number of hydrogen-bond donors (Lipinski definition) is 3. The number of nitrogens with one attached hydrogen (secondary N) is 2. The summed E-state index contributed by atoms with van der Waals surface area (Å²) in [6, 6.07) is 7.78. The maximum Gasteiger partial charge on any atom is 0.234 e. The second-order valence-corrected chi connectivity index (χ2v) is 9.35.